The van der Waals surface area contributed by atoms with E-state index < -0.39 is 0 Å². The molecule has 0 saturated carbocycles. The van der Waals surface area contributed by atoms with Gasteiger partial charge in [-0.2, -0.15) is 0 Å². The molecule has 0 bridgehead atoms. The van der Waals surface area contributed by atoms with Crippen molar-refractivity contribution >= 4 is 0 Å². The minimum Gasteiger partial charge on any atom is -0.297 e. The summed E-state index contributed by atoms with van der Waals surface area (Å²) in [5.41, 5.74) is 5.63. The summed E-state index contributed by atoms with van der Waals surface area (Å²) in [5.74, 6) is 0. The van der Waals surface area contributed by atoms with Crippen LogP contribution in [-0.4, -0.2) is 28.5 Å². The minimum atomic E-state index is 0.759. The molecule has 1 aromatic carbocycles. The Morgan fingerprint density at radius 1 is 1.09 bits per heavy atom. The van der Waals surface area contributed by atoms with Crippen molar-refractivity contribution in [3.63, 3.8) is 0 Å². The first kappa shape index (κ1) is 14.0. The van der Waals surface area contributed by atoms with E-state index in [4.69, 9.17) is 0 Å². The molecule has 1 saturated heterocycles. The van der Waals surface area contributed by atoms with Gasteiger partial charge in [-0.25, -0.2) is 0 Å². The lowest BCUT2D eigenvalue weighted by molar-refractivity contribution is 0.174. The Bertz CT molecular complexity index is 650. The molecule has 2 aliphatic rings. The van der Waals surface area contributed by atoms with E-state index in [2.05, 4.69) is 41.1 Å². The second-order valence-electron chi connectivity index (χ2n) is 6.85. The summed E-state index contributed by atoms with van der Waals surface area (Å²) in [6.07, 6.45) is 10.3. The van der Waals surface area contributed by atoms with Gasteiger partial charge in [0.1, 0.15) is 0 Å². The number of aryl methyl sites for hydroxylation is 1. The first-order chi connectivity index (χ1) is 10.8. The summed E-state index contributed by atoms with van der Waals surface area (Å²) in [4.78, 5) is 6.99. The summed E-state index contributed by atoms with van der Waals surface area (Å²) in [6.45, 7) is 3.70. The van der Waals surface area contributed by atoms with Crippen LogP contribution in [0.15, 0.2) is 42.7 Å². The Morgan fingerprint density at radius 2 is 2.05 bits per heavy atom. The number of pyridine rings is 1. The van der Waals surface area contributed by atoms with Crippen molar-refractivity contribution in [1.82, 2.24) is 9.88 Å². The molecule has 1 aliphatic carbocycles. The topological polar surface area (TPSA) is 16.1 Å². The van der Waals surface area contributed by atoms with Crippen molar-refractivity contribution < 1.29 is 0 Å². The first-order valence-electron chi connectivity index (χ1n) is 8.59. The highest BCUT2D eigenvalue weighted by Crippen LogP contribution is 2.31. The fraction of sp³-hybridized carbons (Fsp3) is 0.450. The molecule has 0 unspecified atom stereocenters. The van der Waals surface area contributed by atoms with Gasteiger partial charge in [0.15, 0.2) is 0 Å². The van der Waals surface area contributed by atoms with Crippen molar-refractivity contribution in [2.24, 2.45) is 0 Å². The van der Waals surface area contributed by atoms with Gasteiger partial charge < -0.3 is 0 Å². The lowest BCUT2D eigenvalue weighted by Crippen LogP contribution is -2.41. The van der Waals surface area contributed by atoms with E-state index in [0.29, 0.717) is 0 Å². The third-order valence-corrected chi connectivity index (χ3v) is 5.48. The zero-order chi connectivity index (χ0) is 14.9. The second kappa shape index (κ2) is 5.85. The van der Waals surface area contributed by atoms with Gasteiger partial charge in [0.25, 0.3) is 0 Å². The SMILES string of the molecule is C[C@@H]1CCCN1[C@H]1CCc2cc(-c3cccnc3)ccc2C1. The van der Waals surface area contributed by atoms with Crippen LogP contribution < -0.4 is 0 Å². The summed E-state index contributed by atoms with van der Waals surface area (Å²) < 4.78 is 0. The molecule has 1 aliphatic heterocycles. The van der Waals surface area contributed by atoms with E-state index in [0.717, 1.165) is 12.1 Å². The number of benzene rings is 1. The Labute approximate surface area is 133 Å². The lowest BCUT2D eigenvalue weighted by atomic mass is 9.85. The van der Waals surface area contributed by atoms with Crippen molar-refractivity contribution in [1.29, 1.82) is 0 Å². The van der Waals surface area contributed by atoms with Gasteiger partial charge in [0, 0.05) is 24.5 Å². The molecular weight excluding hydrogens is 268 g/mol. The van der Waals surface area contributed by atoms with Crippen molar-refractivity contribution in [3.8, 4) is 11.1 Å². The molecular formula is C20H24N2. The van der Waals surface area contributed by atoms with E-state index >= 15 is 0 Å². The largest absolute Gasteiger partial charge is 0.297 e. The predicted molar refractivity (Wildman–Crippen MR) is 90.9 cm³/mol. The van der Waals surface area contributed by atoms with Crippen LogP contribution in [0.2, 0.25) is 0 Å². The van der Waals surface area contributed by atoms with Crippen LogP contribution >= 0.6 is 0 Å². The van der Waals surface area contributed by atoms with Crippen LogP contribution in [0, 0.1) is 0 Å². The maximum Gasteiger partial charge on any atom is 0.0346 e. The number of likely N-dealkylation sites (tertiary alicyclic amines) is 1. The highest BCUT2D eigenvalue weighted by molar-refractivity contribution is 5.64. The zero-order valence-corrected chi connectivity index (χ0v) is 13.3. The Kier molecular flexibility index (Phi) is 3.71. The fourth-order valence-electron chi connectivity index (χ4n) is 4.23. The molecule has 2 heteroatoms. The van der Waals surface area contributed by atoms with E-state index in [-0.39, 0.29) is 0 Å². The molecule has 0 spiro atoms. The van der Waals surface area contributed by atoms with Crippen LogP contribution in [0.1, 0.15) is 37.3 Å². The summed E-state index contributed by atoms with van der Waals surface area (Å²) in [5, 5.41) is 0. The number of rotatable bonds is 2. The van der Waals surface area contributed by atoms with Gasteiger partial charge in [-0.1, -0.05) is 24.3 Å². The molecule has 0 radical (unpaired) electrons. The molecule has 2 aromatic rings. The molecule has 114 valence electrons. The standard InChI is InChI=1S/C20H24N2/c1-15-4-3-11-22(15)20-9-8-16-12-17(6-7-18(16)13-20)19-5-2-10-21-14-19/h2,5-7,10,12,14-15,20H,3-4,8-9,11,13H2,1H3/t15-,20+/m1/s1. The number of hydrogen-bond acceptors (Lipinski definition) is 2. The molecule has 0 amide bonds. The first-order valence-corrected chi connectivity index (χ1v) is 8.59. The minimum absolute atomic E-state index is 0.759. The van der Waals surface area contributed by atoms with Crippen LogP contribution in [0.3, 0.4) is 0 Å². The second-order valence-corrected chi connectivity index (χ2v) is 6.85. The monoisotopic (exact) mass is 292 g/mol. The van der Waals surface area contributed by atoms with Gasteiger partial charge in [-0.05, 0) is 73.9 Å². The maximum absolute atomic E-state index is 4.24. The number of fused-ring (bicyclic) bond motifs is 1. The predicted octanol–water partition coefficient (Wildman–Crippen LogP) is 4.09. The molecule has 2 atom stereocenters. The third kappa shape index (κ3) is 2.56. The van der Waals surface area contributed by atoms with Gasteiger partial charge >= 0.3 is 0 Å². The molecule has 2 heterocycles. The molecule has 1 fully saturated rings. The van der Waals surface area contributed by atoms with Crippen molar-refractivity contribution in [2.45, 2.75) is 51.1 Å². The van der Waals surface area contributed by atoms with Gasteiger partial charge in [0.2, 0.25) is 0 Å². The lowest BCUT2D eigenvalue weighted by Gasteiger charge is -2.35. The molecule has 0 N–H and O–H groups in total. The maximum atomic E-state index is 4.24. The smallest absolute Gasteiger partial charge is 0.0346 e. The Morgan fingerprint density at radius 3 is 2.82 bits per heavy atom. The van der Waals surface area contributed by atoms with Crippen LogP contribution in [-0.2, 0) is 12.8 Å². The van der Waals surface area contributed by atoms with Gasteiger partial charge in [-0.3, -0.25) is 9.88 Å². The molecule has 2 nitrogen and oxygen atoms in total. The molecule has 22 heavy (non-hydrogen) atoms. The third-order valence-electron chi connectivity index (χ3n) is 5.48. The van der Waals surface area contributed by atoms with E-state index in [9.17, 15) is 0 Å². The van der Waals surface area contributed by atoms with E-state index in [1.165, 1.54) is 49.8 Å². The number of nitrogens with zero attached hydrogens (tertiary/aromatic N) is 2. The fourth-order valence-corrected chi connectivity index (χ4v) is 4.23. The molecule has 4 rings (SSSR count). The van der Waals surface area contributed by atoms with Gasteiger partial charge in [-0.15, -0.1) is 0 Å². The number of hydrogen-bond donors (Lipinski definition) is 0. The average Bonchev–Trinajstić information content (AvgIpc) is 3.01. The van der Waals surface area contributed by atoms with E-state index in [1.807, 2.05) is 18.5 Å². The zero-order valence-electron chi connectivity index (χ0n) is 13.3. The Hall–Kier alpha value is -1.67. The van der Waals surface area contributed by atoms with Gasteiger partial charge in [0.05, 0.1) is 0 Å². The van der Waals surface area contributed by atoms with Crippen molar-refractivity contribution in [3.05, 3.63) is 53.9 Å². The van der Waals surface area contributed by atoms with Crippen LogP contribution in [0.5, 0.6) is 0 Å². The summed E-state index contributed by atoms with van der Waals surface area (Å²) in [6, 6.07) is 12.7. The normalized spacial score (nSPS) is 25.1. The van der Waals surface area contributed by atoms with E-state index in [1.54, 1.807) is 11.1 Å². The average molecular weight is 292 g/mol. The summed E-state index contributed by atoms with van der Waals surface area (Å²) in [7, 11) is 0. The summed E-state index contributed by atoms with van der Waals surface area (Å²) >= 11 is 0. The highest BCUT2D eigenvalue weighted by Gasteiger charge is 2.30. The molecule has 1 aromatic heterocycles. The quantitative estimate of drug-likeness (QED) is 0.829. The number of aromatic nitrogens is 1. The highest BCUT2D eigenvalue weighted by atomic mass is 15.2. The van der Waals surface area contributed by atoms with Crippen molar-refractivity contribution in [2.75, 3.05) is 6.54 Å². The van der Waals surface area contributed by atoms with Crippen LogP contribution in [0.25, 0.3) is 11.1 Å². The Balaban J connectivity index is 1.57. The van der Waals surface area contributed by atoms with Crippen LogP contribution in [0.4, 0.5) is 0 Å².